The summed E-state index contributed by atoms with van der Waals surface area (Å²) in [6, 6.07) is 10.6. The van der Waals surface area contributed by atoms with Crippen LogP contribution in [0.2, 0.25) is 0 Å². The number of non-ortho nitro benzene ring substituents is 2. The summed E-state index contributed by atoms with van der Waals surface area (Å²) in [6.45, 7) is 3.50. The summed E-state index contributed by atoms with van der Waals surface area (Å²) in [5.74, 6) is 0.216. The van der Waals surface area contributed by atoms with Gasteiger partial charge < -0.3 is 19.3 Å². The number of nitrogens with zero attached hydrogens (tertiary/aromatic N) is 6. The number of rotatable bonds is 7. The molecule has 3 amide bonds. The molecule has 0 N–H and O–H groups in total. The summed E-state index contributed by atoms with van der Waals surface area (Å²) < 4.78 is 10.6. The van der Waals surface area contributed by atoms with Crippen molar-refractivity contribution in [1.29, 1.82) is 0 Å². The van der Waals surface area contributed by atoms with E-state index >= 15 is 0 Å². The molecule has 234 valence electrons. The quantitative estimate of drug-likeness (QED) is 0.156. The van der Waals surface area contributed by atoms with E-state index in [4.69, 9.17) is 9.47 Å². The monoisotopic (exact) mass is 628 g/mol. The van der Waals surface area contributed by atoms with Gasteiger partial charge in [-0.2, -0.15) is 17.6 Å². The standard InChI is InChI=1S/C28H32N6O9S/c1-19(29-27(36)42-17-20-3-7-22(8-4-20)33(38)39)30-11-2-12-31(14-13-30)26(35)25-15-24(44)16-32(25)28(37)43-18-21-5-9-23(10-6-21)34(40)41/h3-10,24-25,44H,2,11-18H2,1H3/t24-,25-/m0/s1. The predicted octanol–water partition coefficient (Wildman–Crippen LogP) is 3.80. The van der Waals surface area contributed by atoms with E-state index in [0.29, 0.717) is 56.0 Å². The largest absolute Gasteiger partial charge is 0.445 e. The van der Waals surface area contributed by atoms with Crippen molar-refractivity contribution in [2.45, 2.75) is 44.3 Å². The summed E-state index contributed by atoms with van der Waals surface area (Å²) in [4.78, 5) is 68.3. The third-order valence-corrected chi connectivity index (χ3v) is 7.71. The first-order chi connectivity index (χ1) is 21.0. The maximum atomic E-state index is 13.5. The summed E-state index contributed by atoms with van der Waals surface area (Å²) in [5.41, 5.74) is 1.03. The van der Waals surface area contributed by atoms with Gasteiger partial charge in [0.05, 0.1) is 9.85 Å². The second-order valence-electron chi connectivity index (χ2n) is 10.3. The molecule has 0 unspecified atom stereocenters. The van der Waals surface area contributed by atoms with Gasteiger partial charge in [-0.15, -0.1) is 0 Å². The summed E-state index contributed by atoms with van der Waals surface area (Å²) in [7, 11) is 0. The van der Waals surface area contributed by atoms with Crippen LogP contribution in [0.25, 0.3) is 0 Å². The third kappa shape index (κ3) is 8.43. The zero-order chi connectivity index (χ0) is 31.8. The van der Waals surface area contributed by atoms with E-state index < -0.39 is 28.1 Å². The fourth-order valence-electron chi connectivity index (χ4n) is 4.96. The van der Waals surface area contributed by atoms with Gasteiger partial charge in [-0.1, -0.05) is 0 Å². The van der Waals surface area contributed by atoms with Gasteiger partial charge in [0.1, 0.15) is 25.1 Å². The second-order valence-corrected chi connectivity index (χ2v) is 11.1. The lowest BCUT2D eigenvalue weighted by molar-refractivity contribution is -0.385. The Labute approximate surface area is 258 Å². The Morgan fingerprint density at radius 2 is 1.39 bits per heavy atom. The van der Waals surface area contributed by atoms with Crippen LogP contribution >= 0.6 is 12.6 Å². The van der Waals surface area contributed by atoms with Crippen molar-refractivity contribution in [3.05, 3.63) is 79.9 Å². The highest BCUT2D eigenvalue weighted by atomic mass is 32.1. The Morgan fingerprint density at radius 1 is 0.864 bits per heavy atom. The van der Waals surface area contributed by atoms with E-state index in [1.807, 2.05) is 4.90 Å². The third-order valence-electron chi connectivity index (χ3n) is 7.34. The molecular formula is C28H32N6O9S. The number of aliphatic imine (C=N–C) groups is 1. The van der Waals surface area contributed by atoms with Gasteiger partial charge in [0.15, 0.2) is 0 Å². The number of nitro groups is 2. The average Bonchev–Trinajstić information content (AvgIpc) is 3.23. The van der Waals surface area contributed by atoms with Crippen molar-refractivity contribution in [3.63, 3.8) is 0 Å². The lowest BCUT2D eigenvalue weighted by atomic mass is 10.2. The van der Waals surface area contributed by atoms with Crippen LogP contribution in [-0.4, -0.2) is 92.5 Å². The highest BCUT2D eigenvalue weighted by Crippen LogP contribution is 2.25. The summed E-state index contributed by atoms with van der Waals surface area (Å²) >= 11 is 4.50. The van der Waals surface area contributed by atoms with Crippen LogP contribution in [0.4, 0.5) is 21.0 Å². The number of carbonyl (C=O) groups excluding carboxylic acids is 3. The van der Waals surface area contributed by atoms with Crippen LogP contribution in [0, 0.1) is 20.2 Å². The second kappa shape index (κ2) is 14.6. The molecule has 0 radical (unpaired) electrons. The SMILES string of the molecule is CC(=NC(=O)OCc1ccc([N+](=O)[O-])cc1)N1CCCN(C(=O)[C@@H]2C[C@H](S)CN2C(=O)OCc2ccc([N+](=O)[O-])cc2)CC1. The first-order valence-electron chi connectivity index (χ1n) is 13.9. The zero-order valence-corrected chi connectivity index (χ0v) is 24.8. The Kier molecular flexibility index (Phi) is 10.7. The van der Waals surface area contributed by atoms with Gasteiger partial charge in [-0.25, -0.2) is 9.59 Å². The predicted molar refractivity (Wildman–Crippen MR) is 160 cm³/mol. The van der Waals surface area contributed by atoms with E-state index in [0.717, 1.165) is 0 Å². The number of carbonyl (C=O) groups is 3. The molecule has 0 bridgehead atoms. The molecule has 0 aliphatic carbocycles. The molecule has 2 aliphatic rings. The number of benzene rings is 2. The van der Waals surface area contributed by atoms with Gasteiger partial charge in [0.25, 0.3) is 11.4 Å². The van der Waals surface area contributed by atoms with Gasteiger partial charge >= 0.3 is 12.2 Å². The minimum atomic E-state index is -0.799. The fraction of sp³-hybridized carbons (Fsp3) is 0.429. The van der Waals surface area contributed by atoms with Crippen molar-refractivity contribution in [3.8, 4) is 0 Å². The maximum Gasteiger partial charge on any atom is 0.435 e. The Bertz CT molecular complexity index is 1420. The topological polar surface area (TPSA) is 178 Å². The number of nitro benzene ring substituents is 2. The number of hydrogen-bond donors (Lipinski definition) is 1. The molecule has 4 rings (SSSR count). The van der Waals surface area contributed by atoms with Crippen molar-refractivity contribution in [2.75, 3.05) is 32.7 Å². The smallest absolute Gasteiger partial charge is 0.435 e. The molecule has 2 aromatic carbocycles. The Hall–Kier alpha value is -4.73. The molecule has 44 heavy (non-hydrogen) atoms. The average molecular weight is 629 g/mol. The first kappa shape index (κ1) is 32.2. The molecule has 15 nitrogen and oxygen atoms in total. The molecule has 2 saturated heterocycles. The first-order valence-corrected chi connectivity index (χ1v) is 14.4. The minimum Gasteiger partial charge on any atom is -0.445 e. The van der Waals surface area contributed by atoms with E-state index in [9.17, 15) is 34.6 Å². The molecule has 2 fully saturated rings. The number of likely N-dealkylation sites (tertiary alicyclic amines) is 1. The number of thiol groups is 1. The number of ether oxygens (including phenoxy) is 2. The van der Waals surface area contributed by atoms with Crippen LogP contribution in [0.5, 0.6) is 0 Å². The van der Waals surface area contributed by atoms with Crippen LogP contribution in [0.15, 0.2) is 53.5 Å². The van der Waals surface area contributed by atoms with Crippen molar-refractivity contribution in [2.24, 2.45) is 4.99 Å². The number of amides is 3. The van der Waals surface area contributed by atoms with Crippen molar-refractivity contribution >= 4 is 47.9 Å². The summed E-state index contributed by atoms with van der Waals surface area (Å²) in [5, 5.41) is 21.4. The van der Waals surface area contributed by atoms with Crippen molar-refractivity contribution < 1.29 is 33.7 Å². The molecule has 2 aromatic rings. The van der Waals surface area contributed by atoms with E-state index in [2.05, 4.69) is 17.6 Å². The number of hydrogen-bond acceptors (Lipinski definition) is 10. The van der Waals surface area contributed by atoms with Crippen molar-refractivity contribution in [1.82, 2.24) is 14.7 Å². The fourth-order valence-corrected chi connectivity index (χ4v) is 5.33. The lowest BCUT2D eigenvalue weighted by Gasteiger charge is -2.29. The van der Waals surface area contributed by atoms with Gasteiger partial charge in [0.2, 0.25) is 5.91 Å². The van der Waals surface area contributed by atoms with Gasteiger partial charge in [0, 0.05) is 62.2 Å². The molecule has 0 saturated carbocycles. The highest BCUT2D eigenvalue weighted by molar-refractivity contribution is 7.81. The summed E-state index contributed by atoms with van der Waals surface area (Å²) in [6.07, 6.45) is -0.481. The molecule has 2 atom stereocenters. The maximum absolute atomic E-state index is 13.5. The molecule has 0 aromatic heterocycles. The lowest BCUT2D eigenvalue weighted by Crippen LogP contribution is -2.49. The van der Waals surface area contributed by atoms with Gasteiger partial charge in [-0.05, 0) is 55.2 Å². The van der Waals surface area contributed by atoms with E-state index in [1.54, 1.807) is 11.8 Å². The Morgan fingerprint density at radius 3 is 1.95 bits per heavy atom. The van der Waals surface area contributed by atoms with Crippen LogP contribution in [0.1, 0.15) is 30.9 Å². The van der Waals surface area contributed by atoms with Crippen LogP contribution in [0.3, 0.4) is 0 Å². The Balaban J connectivity index is 1.28. The zero-order valence-electron chi connectivity index (χ0n) is 23.9. The molecule has 2 heterocycles. The minimum absolute atomic E-state index is 0.0617. The molecule has 16 heteroatoms. The normalized spacial score (nSPS) is 18.9. The van der Waals surface area contributed by atoms with E-state index in [1.165, 1.54) is 53.4 Å². The van der Waals surface area contributed by atoms with Crippen LogP contribution < -0.4 is 0 Å². The molecular weight excluding hydrogens is 596 g/mol. The van der Waals surface area contributed by atoms with Gasteiger partial charge in [-0.3, -0.25) is 29.9 Å². The highest BCUT2D eigenvalue weighted by Gasteiger charge is 2.41. The molecule has 0 spiro atoms. The van der Waals surface area contributed by atoms with Crippen LogP contribution in [-0.2, 0) is 27.5 Å². The number of amidine groups is 1. The molecule has 2 aliphatic heterocycles. The van der Waals surface area contributed by atoms with E-state index in [-0.39, 0.29) is 42.3 Å².